The number of nitrogens with one attached hydrogen (secondary N) is 1. The fourth-order valence-electron chi connectivity index (χ4n) is 1.96. The Kier molecular flexibility index (Phi) is 2.48. The van der Waals surface area contributed by atoms with E-state index in [9.17, 15) is 4.39 Å². The van der Waals surface area contributed by atoms with Crippen molar-refractivity contribution < 1.29 is 4.39 Å². The highest BCUT2D eigenvalue weighted by Gasteiger charge is 2.12. The van der Waals surface area contributed by atoms with Crippen LogP contribution in [-0.4, -0.2) is 19.7 Å². The first-order valence-corrected chi connectivity index (χ1v) is 6.19. The number of aryl methyl sites for hydroxylation is 2. The molecule has 3 rings (SSSR count). The summed E-state index contributed by atoms with van der Waals surface area (Å²) in [6, 6.07) is 3.10. The third kappa shape index (κ3) is 1.73. The number of imidazole rings is 1. The van der Waals surface area contributed by atoms with Gasteiger partial charge in [0.25, 0.3) is 0 Å². The molecule has 0 atom stereocenters. The molecule has 6 heteroatoms. The van der Waals surface area contributed by atoms with Gasteiger partial charge in [0.05, 0.1) is 26.8 Å². The summed E-state index contributed by atoms with van der Waals surface area (Å²) in [6.07, 6.45) is 1.89. The van der Waals surface area contributed by atoms with E-state index >= 15 is 0 Å². The largest absolute Gasteiger partial charge is 0.338 e. The van der Waals surface area contributed by atoms with E-state index in [0.29, 0.717) is 15.8 Å². The van der Waals surface area contributed by atoms with Gasteiger partial charge in [0, 0.05) is 19.3 Å². The Labute approximate surface area is 111 Å². The lowest BCUT2D eigenvalue weighted by Gasteiger charge is -1.92. The maximum absolute atomic E-state index is 13.4. The maximum atomic E-state index is 13.4. The van der Waals surface area contributed by atoms with E-state index in [0.717, 1.165) is 16.8 Å². The highest BCUT2D eigenvalue weighted by Crippen LogP contribution is 2.26. The van der Waals surface area contributed by atoms with Crippen LogP contribution < -0.4 is 0 Å². The first-order chi connectivity index (χ1) is 8.54. The molecule has 1 N–H and O–H groups in total. The zero-order valence-corrected chi connectivity index (χ0v) is 11.4. The van der Waals surface area contributed by atoms with E-state index in [-0.39, 0.29) is 5.82 Å². The summed E-state index contributed by atoms with van der Waals surface area (Å²) in [4.78, 5) is 7.56. The average Bonchev–Trinajstić information content (AvgIpc) is 2.82. The van der Waals surface area contributed by atoms with Gasteiger partial charge in [-0.1, -0.05) is 0 Å². The van der Waals surface area contributed by atoms with Crippen LogP contribution in [0.25, 0.3) is 22.4 Å². The molecule has 1 aromatic carbocycles. The van der Waals surface area contributed by atoms with Crippen molar-refractivity contribution in [3.05, 3.63) is 34.3 Å². The lowest BCUT2D eigenvalue weighted by atomic mass is 10.2. The van der Waals surface area contributed by atoms with E-state index in [1.807, 2.05) is 20.2 Å². The number of H-pyrrole nitrogens is 1. The van der Waals surface area contributed by atoms with Crippen LogP contribution >= 0.6 is 15.9 Å². The topological polar surface area (TPSA) is 46.5 Å². The normalized spacial score (nSPS) is 11.3. The fraction of sp³-hybridized carbons (Fsp3) is 0.167. The second-order valence-corrected chi connectivity index (χ2v) is 5.03. The van der Waals surface area contributed by atoms with Crippen LogP contribution in [0.3, 0.4) is 0 Å². The van der Waals surface area contributed by atoms with Gasteiger partial charge in [-0.25, -0.2) is 9.37 Å². The molecule has 92 valence electrons. The average molecular weight is 309 g/mol. The summed E-state index contributed by atoms with van der Waals surface area (Å²) in [5.74, 6) is 0.397. The molecule has 0 aliphatic rings. The van der Waals surface area contributed by atoms with Crippen molar-refractivity contribution in [2.45, 2.75) is 6.92 Å². The van der Waals surface area contributed by atoms with Crippen LogP contribution in [0, 0.1) is 12.7 Å². The minimum absolute atomic E-state index is 0.305. The molecule has 4 nitrogen and oxygen atoms in total. The molecule has 0 saturated heterocycles. The van der Waals surface area contributed by atoms with Gasteiger partial charge in [-0.05, 0) is 28.9 Å². The second-order valence-electron chi connectivity index (χ2n) is 4.17. The van der Waals surface area contributed by atoms with E-state index < -0.39 is 0 Å². The Balaban J connectivity index is 2.22. The van der Waals surface area contributed by atoms with Gasteiger partial charge >= 0.3 is 0 Å². The molecule has 0 saturated carbocycles. The lowest BCUT2D eigenvalue weighted by molar-refractivity contribution is 0.623. The summed E-state index contributed by atoms with van der Waals surface area (Å²) >= 11 is 3.16. The van der Waals surface area contributed by atoms with Gasteiger partial charge in [0.1, 0.15) is 11.6 Å². The van der Waals surface area contributed by atoms with Gasteiger partial charge < -0.3 is 4.98 Å². The Morgan fingerprint density at radius 3 is 2.83 bits per heavy atom. The van der Waals surface area contributed by atoms with Crippen molar-refractivity contribution in [1.82, 2.24) is 19.7 Å². The summed E-state index contributed by atoms with van der Waals surface area (Å²) in [7, 11) is 1.86. The molecule has 0 amide bonds. The lowest BCUT2D eigenvalue weighted by Crippen LogP contribution is -1.86. The highest BCUT2D eigenvalue weighted by molar-refractivity contribution is 9.10. The zero-order chi connectivity index (χ0) is 12.9. The number of aromatic nitrogens is 4. The van der Waals surface area contributed by atoms with Crippen molar-refractivity contribution in [2.24, 2.45) is 7.05 Å². The predicted molar refractivity (Wildman–Crippen MR) is 70.7 cm³/mol. The number of aromatic amines is 1. The Morgan fingerprint density at radius 1 is 1.39 bits per heavy atom. The summed E-state index contributed by atoms with van der Waals surface area (Å²) in [5.41, 5.74) is 3.21. The number of hydrogen-bond donors (Lipinski definition) is 1. The molecule has 3 aromatic rings. The molecular weight excluding hydrogens is 299 g/mol. The van der Waals surface area contributed by atoms with Gasteiger partial charge in [0.15, 0.2) is 0 Å². The maximum Gasteiger partial charge on any atom is 0.141 e. The van der Waals surface area contributed by atoms with Crippen LogP contribution in [0.4, 0.5) is 4.39 Å². The van der Waals surface area contributed by atoms with E-state index in [2.05, 4.69) is 31.0 Å². The molecule has 0 bridgehead atoms. The number of halogens is 2. The third-order valence-corrected chi connectivity index (χ3v) is 3.40. The fourth-order valence-corrected chi connectivity index (χ4v) is 2.30. The Morgan fingerprint density at radius 2 is 2.17 bits per heavy atom. The molecule has 0 radical (unpaired) electrons. The van der Waals surface area contributed by atoms with Crippen molar-refractivity contribution in [2.75, 3.05) is 0 Å². The minimum Gasteiger partial charge on any atom is -0.338 e. The molecule has 18 heavy (non-hydrogen) atoms. The number of hydrogen-bond acceptors (Lipinski definition) is 2. The summed E-state index contributed by atoms with van der Waals surface area (Å²) < 4.78 is 15.6. The van der Waals surface area contributed by atoms with Crippen LogP contribution in [0.5, 0.6) is 0 Å². The number of rotatable bonds is 1. The van der Waals surface area contributed by atoms with Crippen molar-refractivity contribution >= 4 is 27.0 Å². The SMILES string of the molecule is Cc1nn(C)cc1-c1nc2cc(Br)c(F)cc2[nH]1. The number of nitrogens with zero attached hydrogens (tertiary/aromatic N) is 3. The zero-order valence-electron chi connectivity index (χ0n) is 9.83. The Hall–Kier alpha value is -1.69. The molecular formula is C12H10BrFN4. The van der Waals surface area contributed by atoms with Gasteiger partial charge in [-0.15, -0.1) is 0 Å². The van der Waals surface area contributed by atoms with Crippen LogP contribution in [-0.2, 0) is 7.05 Å². The molecule has 2 heterocycles. The van der Waals surface area contributed by atoms with Crippen molar-refractivity contribution in [1.29, 1.82) is 0 Å². The van der Waals surface area contributed by atoms with E-state index in [4.69, 9.17) is 0 Å². The van der Waals surface area contributed by atoms with E-state index in [1.54, 1.807) is 10.7 Å². The first kappa shape index (κ1) is 11.4. The van der Waals surface area contributed by atoms with Crippen molar-refractivity contribution in [3.63, 3.8) is 0 Å². The van der Waals surface area contributed by atoms with Crippen LogP contribution in [0.15, 0.2) is 22.8 Å². The van der Waals surface area contributed by atoms with E-state index in [1.165, 1.54) is 6.07 Å². The molecule has 0 unspecified atom stereocenters. The Bertz CT molecular complexity index is 705. The highest BCUT2D eigenvalue weighted by atomic mass is 79.9. The molecule has 0 fully saturated rings. The number of benzene rings is 1. The summed E-state index contributed by atoms with van der Waals surface area (Å²) in [6.45, 7) is 1.92. The quantitative estimate of drug-likeness (QED) is 0.750. The predicted octanol–water partition coefficient (Wildman–Crippen LogP) is 3.17. The smallest absolute Gasteiger partial charge is 0.141 e. The minimum atomic E-state index is -0.305. The monoisotopic (exact) mass is 308 g/mol. The summed E-state index contributed by atoms with van der Waals surface area (Å²) in [5, 5.41) is 4.27. The van der Waals surface area contributed by atoms with Gasteiger partial charge in [0.2, 0.25) is 0 Å². The molecule has 0 aliphatic heterocycles. The van der Waals surface area contributed by atoms with Crippen LogP contribution in [0.1, 0.15) is 5.69 Å². The second kappa shape index (κ2) is 3.91. The van der Waals surface area contributed by atoms with Gasteiger partial charge in [-0.3, -0.25) is 4.68 Å². The van der Waals surface area contributed by atoms with Crippen LogP contribution in [0.2, 0.25) is 0 Å². The molecule has 2 aromatic heterocycles. The van der Waals surface area contributed by atoms with Gasteiger partial charge in [-0.2, -0.15) is 5.10 Å². The molecule has 0 aliphatic carbocycles. The standard InChI is InChI=1S/C12H10BrFN4/c1-6-7(5-18(2)17-6)12-15-10-3-8(13)9(14)4-11(10)16-12/h3-5H,1-2H3,(H,15,16). The third-order valence-electron chi connectivity index (χ3n) is 2.79. The molecule has 0 spiro atoms. The van der Waals surface area contributed by atoms with Crippen molar-refractivity contribution in [3.8, 4) is 11.4 Å². The first-order valence-electron chi connectivity index (χ1n) is 5.40. The number of fused-ring (bicyclic) bond motifs is 1.